The van der Waals surface area contributed by atoms with E-state index in [2.05, 4.69) is 64.6 Å². The van der Waals surface area contributed by atoms with Crippen molar-refractivity contribution in [3.63, 3.8) is 0 Å². The Bertz CT molecular complexity index is 658. The predicted octanol–water partition coefficient (Wildman–Crippen LogP) is 4.40. The summed E-state index contributed by atoms with van der Waals surface area (Å²) in [6, 6.07) is 17.9. The average molecular weight is 267 g/mol. The summed E-state index contributed by atoms with van der Waals surface area (Å²) < 4.78 is 0. The van der Waals surface area contributed by atoms with E-state index in [-0.39, 0.29) is 0 Å². The van der Waals surface area contributed by atoms with Crippen molar-refractivity contribution >= 4 is 22.1 Å². The molecule has 0 amide bonds. The van der Waals surface area contributed by atoms with Crippen LogP contribution < -0.4 is 5.32 Å². The van der Waals surface area contributed by atoms with Gasteiger partial charge in [0.15, 0.2) is 0 Å². The van der Waals surface area contributed by atoms with Gasteiger partial charge in [-0.1, -0.05) is 42.5 Å². The molecule has 1 unspecified atom stereocenters. The SMILES string of the molecule is CNC(Cc1ccc2ccccc2c1)c1ccsc1. The molecule has 19 heavy (non-hydrogen) atoms. The van der Waals surface area contributed by atoms with Crippen molar-refractivity contribution in [3.8, 4) is 0 Å². The number of thiophene rings is 1. The molecule has 0 saturated heterocycles. The molecular formula is C17H17NS. The molecule has 1 heterocycles. The topological polar surface area (TPSA) is 12.0 Å². The number of likely N-dealkylation sites (N-methyl/N-ethyl adjacent to an activating group) is 1. The maximum atomic E-state index is 3.41. The molecule has 1 atom stereocenters. The molecule has 0 fully saturated rings. The van der Waals surface area contributed by atoms with Crippen LogP contribution in [-0.2, 0) is 6.42 Å². The van der Waals surface area contributed by atoms with Crippen molar-refractivity contribution in [2.45, 2.75) is 12.5 Å². The Labute approximate surface area is 117 Å². The molecule has 3 rings (SSSR count). The quantitative estimate of drug-likeness (QED) is 0.738. The van der Waals surface area contributed by atoms with E-state index in [0.717, 1.165) is 6.42 Å². The summed E-state index contributed by atoms with van der Waals surface area (Å²) >= 11 is 1.76. The third-order valence-corrected chi connectivity index (χ3v) is 4.25. The first-order valence-corrected chi connectivity index (χ1v) is 7.48. The Morgan fingerprint density at radius 1 is 1.05 bits per heavy atom. The monoisotopic (exact) mass is 267 g/mol. The first kappa shape index (κ1) is 12.4. The zero-order valence-electron chi connectivity index (χ0n) is 11.0. The number of benzene rings is 2. The summed E-state index contributed by atoms with van der Waals surface area (Å²) in [5.41, 5.74) is 2.75. The minimum absolute atomic E-state index is 0.396. The fourth-order valence-electron chi connectivity index (χ4n) is 2.46. The maximum Gasteiger partial charge on any atom is 0.0366 e. The highest BCUT2D eigenvalue weighted by Crippen LogP contribution is 2.23. The zero-order chi connectivity index (χ0) is 13.1. The van der Waals surface area contributed by atoms with Gasteiger partial charge in [0.05, 0.1) is 0 Å². The van der Waals surface area contributed by atoms with Crippen LogP contribution in [0.1, 0.15) is 17.2 Å². The van der Waals surface area contributed by atoms with Gasteiger partial charge >= 0.3 is 0 Å². The van der Waals surface area contributed by atoms with Gasteiger partial charge in [-0.05, 0) is 52.2 Å². The fraction of sp³-hybridized carbons (Fsp3) is 0.176. The Morgan fingerprint density at radius 2 is 1.89 bits per heavy atom. The van der Waals surface area contributed by atoms with Crippen LogP contribution in [0.4, 0.5) is 0 Å². The van der Waals surface area contributed by atoms with E-state index in [4.69, 9.17) is 0 Å². The van der Waals surface area contributed by atoms with Gasteiger partial charge in [0.25, 0.3) is 0 Å². The third kappa shape index (κ3) is 2.70. The molecule has 0 bridgehead atoms. The van der Waals surface area contributed by atoms with E-state index in [1.165, 1.54) is 21.9 Å². The van der Waals surface area contributed by atoms with Crippen LogP contribution in [0.2, 0.25) is 0 Å². The Balaban J connectivity index is 1.88. The van der Waals surface area contributed by atoms with E-state index in [0.29, 0.717) is 6.04 Å². The fourth-order valence-corrected chi connectivity index (χ4v) is 3.18. The molecule has 0 spiro atoms. The Morgan fingerprint density at radius 3 is 2.63 bits per heavy atom. The van der Waals surface area contributed by atoms with E-state index in [9.17, 15) is 0 Å². The molecule has 2 aromatic carbocycles. The smallest absolute Gasteiger partial charge is 0.0366 e. The minimum atomic E-state index is 0.396. The van der Waals surface area contributed by atoms with Gasteiger partial charge in [0, 0.05) is 6.04 Å². The number of fused-ring (bicyclic) bond motifs is 1. The van der Waals surface area contributed by atoms with Crippen molar-refractivity contribution < 1.29 is 0 Å². The van der Waals surface area contributed by atoms with Crippen molar-refractivity contribution in [1.82, 2.24) is 5.32 Å². The van der Waals surface area contributed by atoms with Crippen LogP contribution in [0.25, 0.3) is 10.8 Å². The average Bonchev–Trinajstić information content (AvgIpc) is 2.98. The van der Waals surface area contributed by atoms with E-state index in [1.54, 1.807) is 11.3 Å². The summed E-state index contributed by atoms with van der Waals surface area (Å²) in [6.07, 6.45) is 1.03. The standard InChI is InChI=1S/C17H17NS/c1-18-17(16-8-9-19-12-16)11-13-6-7-14-4-2-3-5-15(14)10-13/h2-10,12,17-18H,11H2,1H3. The summed E-state index contributed by atoms with van der Waals surface area (Å²) in [7, 11) is 2.03. The molecule has 0 aliphatic rings. The lowest BCUT2D eigenvalue weighted by atomic mass is 9.99. The van der Waals surface area contributed by atoms with Crippen LogP contribution >= 0.6 is 11.3 Å². The number of hydrogen-bond acceptors (Lipinski definition) is 2. The molecule has 0 radical (unpaired) electrons. The molecule has 3 aromatic rings. The highest BCUT2D eigenvalue weighted by molar-refractivity contribution is 7.07. The molecule has 2 heteroatoms. The Hall–Kier alpha value is -1.64. The number of nitrogens with one attached hydrogen (secondary N) is 1. The molecule has 0 aliphatic heterocycles. The second-order valence-electron chi connectivity index (χ2n) is 4.78. The lowest BCUT2D eigenvalue weighted by Gasteiger charge is -2.15. The highest BCUT2D eigenvalue weighted by atomic mass is 32.1. The minimum Gasteiger partial charge on any atom is -0.313 e. The van der Waals surface area contributed by atoms with Crippen LogP contribution in [0.3, 0.4) is 0 Å². The van der Waals surface area contributed by atoms with Crippen molar-refractivity contribution in [1.29, 1.82) is 0 Å². The van der Waals surface area contributed by atoms with Gasteiger partial charge in [-0.25, -0.2) is 0 Å². The van der Waals surface area contributed by atoms with Gasteiger partial charge in [-0.2, -0.15) is 11.3 Å². The van der Waals surface area contributed by atoms with Crippen LogP contribution in [0.15, 0.2) is 59.3 Å². The summed E-state index contributed by atoms with van der Waals surface area (Å²) in [5, 5.41) is 10.4. The maximum absolute atomic E-state index is 3.41. The van der Waals surface area contributed by atoms with Crippen molar-refractivity contribution in [3.05, 3.63) is 70.4 Å². The first-order chi connectivity index (χ1) is 9.36. The molecule has 1 nitrogen and oxygen atoms in total. The third-order valence-electron chi connectivity index (χ3n) is 3.55. The van der Waals surface area contributed by atoms with Crippen LogP contribution in [0, 0.1) is 0 Å². The number of hydrogen-bond donors (Lipinski definition) is 1. The van der Waals surface area contributed by atoms with Crippen LogP contribution in [0.5, 0.6) is 0 Å². The van der Waals surface area contributed by atoms with Crippen LogP contribution in [-0.4, -0.2) is 7.05 Å². The molecule has 0 aliphatic carbocycles. The van der Waals surface area contributed by atoms with Gasteiger partial charge in [-0.15, -0.1) is 0 Å². The van der Waals surface area contributed by atoms with Gasteiger partial charge in [0.1, 0.15) is 0 Å². The molecule has 0 saturated carbocycles. The number of rotatable bonds is 4. The summed E-state index contributed by atoms with van der Waals surface area (Å²) in [4.78, 5) is 0. The van der Waals surface area contributed by atoms with Gasteiger partial charge < -0.3 is 5.32 Å². The normalized spacial score (nSPS) is 12.7. The zero-order valence-corrected chi connectivity index (χ0v) is 11.8. The second kappa shape index (κ2) is 5.55. The van der Waals surface area contributed by atoms with Crippen molar-refractivity contribution in [2.24, 2.45) is 0 Å². The van der Waals surface area contributed by atoms with Gasteiger partial charge in [-0.3, -0.25) is 0 Å². The largest absolute Gasteiger partial charge is 0.313 e. The predicted molar refractivity (Wildman–Crippen MR) is 83.8 cm³/mol. The van der Waals surface area contributed by atoms with E-state index < -0.39 is 0 Å². The van der Waals surface area contributed by atoms with Gasteiger partial charge in [0.2, 0.25) is 0 Å². The lowest BCUT2D eigenvalue weighted by Crippen LogP contribution is -2.18. The Kier molecular flexibility index (Phi) is 3.62. The summed E-state index contributed by atoms with van der Waals surface area (Å²) in [5.74, 6) is 0. The lowest BCUT2D eigenvalue weighted by molar-refractivity contribution is 0.594. The van der Waals surface area contributed by atoms with E-state index in [1.807, 2.05) is 7.05 Å². The highest BCUT2D eigenvalue weighted by Gasteiger charge is 2.10. The second-order valence-corrected chi connectivity index (χ2v) is 5.56. The molecular weight excluding hydrogens is 250 g/mol. The molecule has 1 N–H and O–H groups in total. The van der Waals surface area contributed by atoms with Crippen molar-refractivity contribution in [2.75, 3.05) is 7.05 Å². The summed E-state index contributed by atoms with van der Waals surface area (Å²) in [6.45, 7) is 0. The van der Waals surface area contributed by atoms with E-state index >= 15 is 0 Å². The molecule has 96 valence electrons. The first-order valence-electron chi connectivity index (χ1n) is 6.54. The molecule has 1 aromatic heterocycles.